The number of fused-ring (bicyclic) bond motifs is 1. The summed E-state index contributed by atoms with van der Waals surface area (Å²) in [5.41, 5.74) is 0.664. The number of carbonyl (C=O) groups excluding carboxylic acids is 1. The minimum atomic E-state index is -4.43. The van der Waals surface area contributed by atoms with Crippen molar-refractivity contribution in [3.63, 3.8) is 0 Å². The molecule has 0 bridgehead atoms. The van der Waals surface area contributed by atoms with Crippen molar-refractivity contribution in [1.29, 1.82) is 0 Å². The Bertz CT molecular complexity index is 1140. The second kappa shape index (κ2) is 8.59. The summed E-state index contributed by atoms with van der Waals surface area (Å²) >= 11 is 6.06. The monoisotopic (exact) mass is 466 g/mol. The van der Waals surface area contributed by atoms with Crippen LogP contribution >= 0.6 is 11.6 Å². The molecule has 1 aliphatic heterocycles. The molecule has 7 nitrogen and oxygen atoms in total. The molecule has 1 atom stereocenters. The number of nitrogens with one attached hydrogen (secondary N) is 1. The fraction of sp³-hybridized carbons (Fsp3) is 0.381. The predicted molar refractivity (Wildman–Crippen MR) is 115 cm³/mol. The van der Waals surface area contributed by atoms with E-state index in [9.17, 15) is 18.0 Å². The highest BCUT2D eigenvalue weighted by molar-refractivity contribution is 6.28. The van der Waals surface area contributed by atoms with Crippen LogP contribution in [0.25, 0.3) is 5.52 Å². The standard InChI is InChI=1S/C21H22ClF3N6O/c1-13(14-4-3-5-16(10-14)21(23,24)25)26-18-17-11-15(12-31(17)28-20(22)27-18)19(32)30-8-6-29(2)7-9-30/h3-5,10-13H,6-9H2,1-2H3,(H,26,27,28)/t13-/m1/s1. The van der Waals surface area contributed by atoms with Gasteiger partial charge in [0.05, 0.1) is 17.2 Å². The zero-order valence-corrected chi connectivity index (χ0v) is 18.3. The van der Waals surface area contributed by atoms with Crippen molar-refractivity contribution in [3.05, 3.63) is 58.5 Å². The second-order valence-corrected chi connectivity index (χ2v) is 8.21. The first kappa shape index (κ1) is 22.3. The van der Waals surface area contributed by atoms with Gasteiger partial charge in [0.25, 0.3) is 5.91 Å². The molecule has 1 aliphatic rings. The highest BCUT2D eigenvalue weighted by Gasteiger charge is 2.31. The number of benzene rings is 1. The molecule has 0 radical (unpaired) electrons. The lowest BCUT2D eigenvalue weighted by molar-refractivity contribution is -0.137. The average Bonchev–Trinajstić information content (AvgIpc) is 3.17. The van der Waals surface area contributed by atoms with Crippen molar-refractivity contribution >= 4 is 28.8 Å². The number of likely N-dealkylation sites (N-methyl/N-ethyl adjacent to an activating group) is 1. The van der Waals surface area contributed by atoms with Gasteiger partial charge in [-0.2, -0.15) is 18.2 Å². The fourth-order valence-electron chi connectivity index (χ4n) is 3.66. The molecule has 4 rings (SSSR count). The number of hydrogen-bond donors (Lipinski definition) is 1. The molecule has 2 aromatic heterocycles. The van der Waals surface area contributed by atoms with Crippen molar-refractivity contribution in [1.82, 2.24) is 24.4 Å². The normalized spacial score (nSPS) is 16.4. The third-order valence-electron chi connectivity index (χ3n) is 5.54. The summed E-state index contributed by atoms with van der Waals surface area (Å²) in [4.78, 5) is 21.1. The number of halogens is 4. The number of anilines is 1. The molecule has 3 heterocycles. The smallest absolute Gasteiger partial charge is 0.362 e. The molecule has 1 N–H and O–H groups in total. The third kappa shape index (κ3) is 4.66. The van der Waals surface area contributed by atoms with Gasteiger partial charge >= 0.3 is 6.18 Å². The van der Waals surface area contributed by atoms with Gasteiger partial charge in [-0.15, -0.1) is 5.10 Å². The van der Waals surface area contributed by atoms with Gasteiger partial charge in [0.1, 0.15) is 5.52 Å². The molecule has 170 valence electrons. The number of amides is 1. The molecule has 3 aromatic rings. The fourth-order valence-corrected chi connectivity index (χ4v) is 3.83. The largest absolute Gasteiger partial charge is 0.416 e. The van der Waals surface area contributed by atoms with Crippen LogP contribution in [0.15, 0.2) is 36.5 Å². The summed E-state index contributed by atoms with van der Waals surface area (Å²) in [5.74, 6) is 0.212. The summed E-state index contributed by atoms with van der Waals surface area (Å²) in [5, 5.41) is 7.18. The number of alkyl halides is 3. The van der Waals surface area contributed by atoms with Crippen LogP contribution in [-0.4, -0.2) is 63.5 Å². The van der Waals surface area contributed by atoms with Crippen LogP contribution in [0.4, 0.5) is 19.0 Å². The number of carbonyl (C=O) groups is 1. The Labute approximate surface area is 187 Å². The van der Waals surface area contributed by atoms with E-state index in [1.807, 2.05) is 7.05 Å². The minimum absolute atomic E-state index is 0.0505. The van der Waals surface area contributed by atoms with Crippen molar-refractivity contribution < 1.29 is 18.0 Å². The zero-order chi connectivity index (χ0) is 23.0. The Morgan fingerprint density at radius 3 is 2.59 bits per heavy atom. The van der Waals surface area contributed by atoms with Crippen LogP contribution in [0, 0.1) is 0 Å². The molecule has 0 unspecified atom stereocenters. The number of rotatable bonds is 4. The van der Waals surface area contributed by atoms with Gasteiger partial charge in [-0.1, -0.05) is 12.1 Å². The number of nitrogens with zero attached hydrogens (tertiary/aromatic N) is 5. The molecule has 0 saturated carbocycles. The number of aromatic nitrogens is 3. The molecule has 1 fully saturated rings. The lowest BCUT2D eigenvalue weighted by atomic mass is 10.0. The third-order valence-corrected chi connectivity index (χ3v) is 5.70. The average molecular weight is 467 g/mol. The lowest BCUT2D eigenvalue weighted by Gasteiger charge is -2.32. The van der Waals surface area contributed by atoms with Gasteiger partial charge < -0.3 is 15.1 Å². The summed E-state index contributed by atoms with van der Waals surface area (Å²) in [7, 11) is 2.01. The van der Waals surface area contributed by atoms with Gasteiger partial charge in [0.2, 0.25) is 5.28 Å². The van der Waals surface area contributed by atoms with Crippen molar-refractivity contribution in [2.24, 2.45) is 0 Å². The second-order valence-electron chi connectivity index (χ2n) is 7.87. The Morgan fingerprint density at radius 2 is 1.91 bits per heavy atom. The van der Waals surface area contributed by atoms with Crippen LogP contribution in [0.2, 0.25) is 5.28 Å². The van der Waals surface area contributed by atoms with E-state index in [-0.39, 0.29) is 11.2 Å². The molecular formula is C21H22ClF3N6O. The summed E-state index contributed by atoms with van der Waals surface area (Å²) in [6.07, 6.45) is -2.84. The summed E-state index contributed by atoms with van der Waals surface area (Å²) in [6.45, 7) is 4.58. The molecular weight excluding hydrogens is 445 g/mol. The molecule has 1 aromatic carbocycles. The Morgan fingerprint density at radius 1 is 1.19 bits per heavy atom. The lowest BCUT2D eigenvalue weighted by Crippen LogP contribution is -2.47. The quantitative estimate of drug-likeness (QED) is 0.630. The SMILES string of the molecule is C[C@@H](Nc1nc(Cl)nn2cc(C(=O)N3CCN(C)CC3)cc12)c1cccc(C(F)(F)F)c1. The van der Waals surface area contributed by atoms with Gasteiger partial charge in [0, 0.05) is 32.4 Å². The first-order valence-corrected chi connectivity index (χ1v) is 10.5. The maximum absolute atomic E-state index is 13.1. The van der Waals surface area contributed by atoms with E-state index in [0.717, 1.165) is 25.2 Å². The van der Waals surface area contributed by atoms with Gasteiger partial charge in [-0.05, 0) is 49.3 Å². The van der Waals surface area contributed by atoms with Crippen molar-refractivity contribution in [2.45, 2.75) is 19.1 Å². The van der Waals surface area contributed by atoms with Crippen molar-refractivity contribution in [2.75, 3.05) is 38.5 Å². The predicted octanol–water partition coefficient (Wildman–Crippen LogP) is 3.96. The van der Waals surface area contributed by atoms with E-state index in [1.54, 1.807) is 30.2 Å². The molecule has 11 heteroatoms. The Balaban J connectivity index is 1.61. The minimum Gasteiger partial charge on any atom is -0.362 e. The highest BCUT2D eigenvalue weighted by Crippen LogP contribution is 2.32. The van der Waals surface area contributed by atoms with E-state index in [0.29, 0.717) is 35.6 Å². The first-order chi connectivity index (χ1) is 15.1. The Kier molecular flexibility index (Phi) is 6.00. The van der Waals surface area contributed by atoms with E-state index >= 15 is 0 Å². The molecule has 32 heavy (non-hydrogen) atoms. The topological polar surface area (TPSA) is 65.8 Å². The van der Waals surface area contributed by atoms with Gasteiger partial charge in [-0.25, -0.2) is 4.52 Å². The molecule has 1 amide bonds. The first-order valence-electron chi connectivity index (χ1n) is 10.1. The van der Waals surface area contributed by atoms with Crippen LogP contribution in [0.5, 0.6) is 0 Å². The van der Waals surface area contributed by atoms with Gasteiger partial charge in [0.15, 0.2) is 5.82 Å². The summed E-state index contributed by atoms with van der Waals surface area (Å²) < 4.78 is 40.7. The zero-order valence-electron chi connectivity index (χ0n) is 17.5. The molecule has 0 spiro atoms. The number of hydrogen-bond acceptors (Lipinski definition) is 5. The number of piperazine rings is 1. The Hall–Kier alpha value is -2.85. The summed E-state index contributed by atoms with van der Waals surface area (Å²) in [6, 6.07) is 6.25. The van der Waals surface area contributed by atoms with E-state index in [1.165, 1.54) is 10.6 Å². The maximum atomic E-state index is 13.1. The van der Waals surface area contributed by atoms with E-state index in [4.69, 9.17) is 11.6 Å². The van der Waals surface area contributed by atoms with Gasteiger partial charge in [-0.3, -0.25) is 4.79 Å². The van der Waals surface area contributed by atoms with E-state index < -0.39 is 17.8 Å². The van der Waals surface area contributed by atoms with Crippen molar-refractivity contribution in [3.8, 4) is 0 Å². The van der Waals surface area contributed by atoms with Crippen LogP contribution < -0.4 is 5.32 Å². The van der Waals surface area contributed by atoms with Crippen LogP contribution in [-0.2, 0) is 6.18 Å². The maximum Gasteiger partial charge on any atom is 0.416 e. The highest BCUT2D eigenvalue weighted by atomic mass is 35.5. The molecule has 0 aliphatic carbocycles. The molecule has 1 saturated heterocycles. The van der Waals surface area contributed by atoms with E-state index in [2.05, 4.69) is 20.3 Å². The van der Waals surface area contributed by atoms with Crippen LogP contribution in [0.3, 0.4) is 0 Å². The van der Waals surface area contributed by atoms with Crippen LogP contribution in [0.1, 0.15) is 34.5 Å².